The average molecular weight is 402 g/mol. The Morgan fingerprint density at radius 3 is 2.53 bits per heavy atom. The molecule has 2 heterocycles. The van der Waals surface area contributed by atoms with Crippen molar-refractivity contribution in [3.05, 3.63) is 72.1 Å². The molecule has 0 spiro atoms. The molecule has 0 bridgehead atoms. The maximum Gasteiger partial charge on any atom is 0.251 e. The van der Waals surface area contributed by atoms with E-state index >= 15 is 0 Å². The fourth-order valence-electron chi connectivity index (χ4n) is 3.70. The Balaban J connectivity index is 1.46. The van der Waals surface area contributed by atoms with Crippen molar-refractivity contribution in [1.29, 1.82) is 0 Å². The molecule has 1 saturated heterocycles. The molecule has 154 valence electrons. The van der Waals surface area contributed by atoms with Crippen LogP contribution in [0, 0.1) is 0 Å². The van der Waals surface area contributed by atoms with Gasteiger partial charge in [0.2, 0.25) is 0 Å². The summed E-state index contributed by atoms with van der Waals surface area (Å²) >= 11 is 0. The van der Waals surface area contributed by atoms with Crippen molar-refractivity contribution >= 4 is 11.7 Å². The molecule has 0 unspecified atom stereocenters. The molecule has 0 atom stereocenters. The van der Waals surface area contributed by atoms with Crippen LogP contribution in [0.4, 0.5) is 5.82 Å². The Labute approximate surface area is 176 Å². The second-order valence-corrected chi connectivity index (χ2v) is 7.22. The number of carbonyl (C=O) groups is 1. The number of carbonyl (C=O) groups excluding carboxylic acids is 1. The number of rotatable bonds is 7. The van der Waals surface area contributed by atoms with E-state index in [-0.39, 0.29) is 5.91 Å². The highest BCUT2D eigenvalue weighted by atomic mass is 16.5. The molecular weight excluding hydrogens is 376 g/mol. The molecule has 1 aliphatic rings. The van der Waals surface area contributed by atoms with Crippen molar-refractivity contribution in [3.63, 3.8) is 0 Å². The SMILES string of the molecule is CCOc1ccccc1CNC(=O)c1ccc(-c2nccnc2N2CCCC2)cc1. The van der Waals surface area contributed by atoms with E-state index in [1.165, 1.54) is 12.8 Å². The number of nitrogens with zero attached hydrogens (tertiary/aromatic N) is 3. The minimum absolute atomic E-state index is 0.119. The van der Waals surface area contributed by atoms with E-state index in [1.54, 1.807) is 12.4 Å². The van der Waals surface area contributed by atoms with Crippen LogP contribution < -0.4 is 15.0 Å². The number of benzene rings is 2. The van der Waals surface area contributed by atoms with Gasteiger partial charge in [0, 0.05) is 48.7 Å². The van der Waals surface area contributed by atoms with Gasteiger partial charge in [0.1, 0.15) is 11.4 Å². The van der Waals surface area contributed by atoms with E-state index in [4.69, 9.17) is 4.74 Å². The normalized spacial score (nSPS) is 13.3. The van der Waals surface area contributed by atoms with Crippen LogP contribution in [0.2, 0.25) is 0 Å². The third kappa shape index (κ3) is 4.43. The van der Waals surface area contributed by atoms with Crippen LogP contribution in [0.3, 0.4) is 0 Å². The molecule has 2 aromatic carbocycles. The lowest BCUT2D eigenvalue weighted by Crippen LogP contribution is -2.23. The third-order valence-electron chi connectivity index (χ3n) is 5.22. The average Bonchev–Trinajstić information content (AvgIpc) is 3.33. The van der Waals surface area contributed by atoms with Crippen LogP contribution in [-0.2, 0) is 6.54 Å². The molecule has 30 heavy (non-hydrogen) atoms. The quantitative estimate of drug-likeness (QED) is 0.645. The summed E-state index contributed by atoms with van der Waals surface area (Å²) in [5.41, 5.74) is 3.39. The smallest absolute Gasteiger partial charge is 0.251 e. The first kappa shape index (κ1) is 19.9. The highest BCUT2D eigenvalue weighted by Gasteiger charge is 2.19. The van der Waals surface area contributed by atoms with Gasteiger partial charge in [-0.15, -0.1) is 0 Å². The number of ether oxygens (including phenoxy) is 1. The Bertz CT molecular complexity index is 998. The fourth-order valence-corrected chi connectivity index (χ4v) is 3.70. The zero-order valence-electron chi connectivity index (χ0n) is 17.2. The molecule has 1 amide bonds. The van der Waals surface area contributed by atoms with E-state index in [0.717, 1.165) is 41.5 Å². The Kier molecular flexibility index (Phi) is 6.23. The molecule has 0 aliphatic carbocycles. The summed E-state index contributed by atoms with van der Waals surface area (Å²) in [5.74, 6) is 1.60. The number of hydrogen-bond donors (Lipinski definition) is 1. The van der Waals surface area contributed by atoms with Gasteiger partial charge in [0.05, 0.1) is 6.61 Å². The Hall–Kier alpha value is -3.41. The van der Waals surface area contributed by atoms with E-state index in [2.05, 4.69) is 20.2 Å². The first-order valence-corrected chi connectivity index (χ1v) is 10.4. The highest BCUT2D eigenvalue weighted by molar-refractivity contribution is 5.94. The summed E-state index contributed by atoms with van der Waals surface area (Å²) in [6.07, 6.45) is 5.81. The molecule has 6 nitrogen and oxygen atoms in total. The number of amides is 1. The van der Waals surface area contributed by atoms with E-state index in [9.17, 15) is 4.79 Å². The van der Waals surface area contributed by atoms with Gasteiger partial charge in [-0.25, -0.2) is 4.98 Å². The second kappa shape index (κ2) is 9.39. The summed E-state index contributed by atoms with van der Waals surface area (Å²) in [4.78, 5) is 24.0. The molecule has 0 radical (unpaired) electrons. The molecule has 0 saturated carbocycles. The lowest BCUT2D eigenvalue weighted by Gasteiger charge is -2.19. The topological polar surface area (TPSA) is 67.3 Å². The van der Waals surface area contributed by atoms with Crippen LogP contribution >= 0.6 is 0 Å². The zero-order chi connectivity index (χ0) is 20.8. The van der Waals surface area contributed by atoms with Crippen molar-refractivity contribution in [3.8, 4) is 17.0 Å². The molecular formula is C24H26N4O2. The van der Waals surface area contributed by atoms with Crippen molar-refractivity contribution in [2.24, 2.45) is 0 Å². The van der Waals surface area contributed by atoms with Crippen molar-refractivity contribution in [2.45, 2.75) is 26.3 Å². The first-order chi connectivity index (χ1) is 14.8. The Morgan fingerprint density at radius 1 is 1.03 bits per heavy atom. The van der Waals surface area contributed by atoms with Gasteiger partial charge in [-0.3, -0.25) is 9.78 Å². The van der Waals surface area contributed by atoms with Crippen molar-refractivity contribution < 1.29 is 9.53 Å². The Morgan fingerprint density at radius 2 is 1.77 bits per heavy atom. The largest absolute Gasteiger partial charge is 0.494 e. The molecule has 1 N–H and O–H groups in total. The summed E-state index contributed by atoms with van der Waals surface area (Å²) in [6, 6.07) is 15.3. The molecule has 6 heteroatoms. The van der Waals surface area contributed by atoms with Crippen LogP contribution in [0.5, 0.6) is 5.75 Å². The van der Waals surface area contributed by atoms with Gasteiger partial charge in [0.25, 0.3) is 5.91 Å². The minimum atomic E-state index is -0.119. The highest BCUT2D eigenvalue weighted by Crippen LogP contribution is 2.29. The first-order valence-electron chi connectivity index (χ1n) is 10.4. The third-order valence-corrected chi connectivity index (χ3v) is 5.22. The number of nitrogens with one attached hydrogen (secondary N) is 1. The van der Waals surface area contributed by atoms with Gasteiger partial charge < -0.3 is 15.0 Å². The minimum Gasteiger partial charge on any atom is -0.494 e. The van der Waals surface area contributed by atoms with Gasteiger partial charge in [-0.05, 0) is 38.0 Å². The summed E-state index contributed by atoms with van der Waals surface area (Å²) in [6.45, 7) is 4.97. The predicted octanol–water partition coefficient (Wildman–Crippen LogP) is 4.07. The molecule has 3 aromatic rings. The van der Waals surface area contributed by atoms with Crippen LogP contribution in [0.15, 0.2) is 60.9 Å². The summed E-state index contributed by atoms with van der Waals surface area (Å²) in [5, 5.41) is 2.97. The predicted molar refractivity (Wildman–Crippen MR) is 118 cm³/mol. The molecule has 1 fully saturated rings. The van der Waals surface area contributed by atoms with Crippen molar-refractivity contribution in [1.82, 2.24) is 15.3 Å². The van der Waals surface area contributed by atoms with Gasteiger partial charge in [0.15, 0.2) is 5.82 Å². The van der Waals surface area contributed by atoms with E-state index < -0.39 is 0 Å². The van der Waals surface area contributed by atoms with Crippen molar-refractivity contribution in [2.75, 3.05) is 24.6 Å². The number of anilines is 1. The summed E-state index contributed by atoms with van der Waals surface area (Å²) in [7, 11) is 0. The monoisotopic (exact) mass is 402 g/mol. The fraction of sp³-hybridized carbons (Fsp3) is 0.292. The van der Waals surface area contributed by atoms with Gasteiger partial charge >= 0.3 is 0 Å². The summed E-state index contributed by atoms with van der Waals surface area (Å²) < 4.78 is 5.62. The van der Waals surface area contributed by atoms with Gasteiger partial charge in [-0.1, -0.05) is 30.3 Å². The maximum absolute atomic E-state index is 12.6. The van der Waals surface area contributed by atoms with E-state index in [1.807, 2.05) is 55.5 Å². The maximum atomic E-state index is 12.6. The lowest BCUT2D eigenvalue weighted by molar-refractivity contribution is 0.0950. The second-order valence-electron chi connectivity index (χ2n) is 7.22. The molecule has 1 aliphatic heterocycles. The lowest BCUT2D eigenvalue weighted by atomic mass is 10.1. The van der Waals surface area contributed by atoms with Crippen LogP contribution in [0.1, 0.15) is 35.7 Å². The van der Waals surface area contributed by atoms with Crippen LogP contribution in [-0.4, -0.2) is 35.6 Å². The van der Waals surface area contributed by atoms with Gasteiger partial charge in [-0.2, -0.15) is 0 Å². The van der Waals surface area contributed by atoms with E-state index in [0.29, 0.717) is 18.7 Å². The number of para-hydroxylation sites is 1. The molecule has 1 aromatic heterocycles. The molecule has 4 rings (SSSR count). The zero-order valence-corrected chi connectivity index (χ0v) is 17.2. The van der Waals surface area contributed by atoms with Crippen LogP contribution in [0.25, 0.3) is 11.3 Å². The number of hydrogen-bond acceptors (Lipinski definition) is 5. The standard InChI is InChI=1S/C24H26N4O2/c1-2-30-21-8-4-3-7-20(21)17-27-24(29)19-11-9-18(10-12-19)22-23(26-14-13-25-22)28-15-5-6-16-28/h3-4,7-14H,2,5-6,15-17H2,1H3,(H,27,29). The number of aromatic nitrogens is 2.